The van der Waals surface area contributed by atoms with Gasteiger partial charge in [0.15, 0.2) is 0 Å². The Morgan fingerprint density at radius 3 is 1.16 bits per heavy atom. The van der Waals surface area contributed by atoms with Crippen molar-refractivity contribution in [1.29, 1.82) is 0 Å². The van der Waals surface area contributed by atoms with E-state index in [2.05, 4.69) is 71.9 Å². The molecule has 210 valence electrons. The Balaban J connectivity index is 4.31. The minimum absolute atomic E-state index is 0.198. The third kappa shape index (κ3) is 19.6. The van der Waals surface area contributed by atoms with Gasteiger partial charge in [-0.2, -0.15) is 0 Å². The lowest BCUT2D eigenvalue weighted by Gasteiger charge is -2.21. The van der Waals surface area contributed by atoms with Gasteiger partial charge in [0.2, 0.25) is 5.91 Å². The summed E-state index contributed by atoms with van der Waals surface area (Å²) in [6, 6.07) is 0. The highest BCUT2D eigenvalue weighted by Crippen LogP contribution is 2.15. The molecule has 0 heterocycles. The summed E-state index contributed by atoms with van der Waals surface area (Å²) in [5.41, 5.74) is 6.61. The molecule has 3 heteroatoms. The largest absolute Gasteiger partial charge is 0.339 e. The Hall–Kier alpha value is -2.16. The van der Waals surface area contributed by atoms with Gasteiger partial charge in [-0.3, -0.25) is 4.79 Å². The van der Waals surface area contributed by atoms with Crippen molar-refractivity contribution in [3.63, 3.8) is 0 Å². The monoisotopic (exact) mass is 511 g/mol. The van der Waals surface area contributed by atoms with Crippen LogP contribution in [0.5, 0.6) is 0 Å². The summed E-state index contributed by atoms with van der Waals surface area (Å²) in [5.74, 6) is 0.465. The fraction of sp³-hybridized carbons (Fsp3) is 0.647. The first-order valence-electron chi connectivity index (χ1n) is 14.7. The SMILES string of the molecule is CCCN(CCC)C(=O)C(C)=CCCC(C)=CCCC(C)=CCCC(C)=CCCC(C)=CCCC(C)=O. The van der Waals surface area contributed by atoms with Crippen LogP contribution in [0.4, 0.5) is 0 Å². The summed E-state index contributed by atoms with van der Waals surface area (Å²) >= 11 is 0. The van der Waals surface area contributed by atoms with Crippen LogP contribution in [0.15, 0.2) is 58.2 Å². The highest BCUT2D eigenvalue weighted by Gasteiger charge is 2.12. The Labute approximate surface area is 229 Å². The minimum Gasteiger partial charge on any atom is -0.339 e. The lowest BCUT2D eigenvalue weighted by molar-refractivity contribution is -0.127. The molecule has 0 aromatic rings. The van der Waals surface area contributed by atoms with Crippen LogP contribution in [0, 0.1) is 0 Å². The predicted molar refractivity (Wildman–Crippen MR) is 163 cm³/mol. The molecule has 3 nitrogen and oxygen atoms in total. The van der Waals surface area contributed by atoms with Crippen molar-refractivity contribution in [2.24, 2.45) is 0 Å². The molecular weight excluding hydrogens is 454 g/mol. The normalized spacial score (nSPS) is 13.8. The van der Waals surface area contributed by atoms with E-state index in [-0.39, 0.29) is 11.7 Å². The first-order chi connectivity index (χ1) is 17.6. The van der Waals surface area contributed by atoms with E-state index in [0.717, 1.165) is 89.3 Å². The zero-order valence-corrected chi connectivity index (χ0v) is 25.5. The fourth-order valence-corrected chi connectivity index (χ4v) is 4.28. The van der Waals surface area contributed by atoms with E-state index in [4.69, 9.17) is 0 Å². The lowest BCUT2D eigenvalue weighted by atomic mass is 10.0. The van der Waals surface area contributed by atoms with Crippen LogP contribution >= 0.6 is 0 Å². The van der Waals surface area contributed by atoms with E-state index < -0.39 is 0 Å². The van der Waals surface area contributed by atoms with Gasteiger partial charge in [0.1, 0.15) is 5.78 Å². The van der Waals surface area contributed by atoms with Crippen molar-refractivity contribution in [3.8, 4) is 0 Å². The molecule has 0 aromatic heterocycles. The summed E-state index contributed by atoms with van der Waals surface area (Å²) in [7, 11) is 0. The van der Waals surface area contributed by atoms with Gasteiger partial charge in [-0.1, -0.05) is 66.5 Å². The molecule has 37 heavy (non-hydrogen) atoms. The van der Waals surface area contributed by atoms with Crippen molar-refractivity contribution in [2.45, 2.75) is 132 Å². The van der Waals surface area contributed by atoms with E-state index in [1.807, 2.05) is 11.8 Å². The number of hydrogen-bond donors (Lipinski definition) is 0. The molecule has 0 unspecified atom stereocenters. The van der Waals surface area contributed by atoms with Crippen LogP contribution in [0.1, 0.15) is 132 Å². The van der Waals surface area contributed by atoms with Crippen LogP contribution in [-0.2, 0) is 9.59 Å². The fourth-order valence-electron chi connectivity index (χ4n) is 4.28. The van der Waals surface area contributed by atoms with E-state index in [0.29, 0.717) is 6.42 Å². The molecule has 0 saturated heterocycles. The van der Waals surface area contributed by atoms with Crippen LogP contribution < -0.4 is 0 Å². The number of allylic oxidation sites excluding steroid dienone is 9. The maximum absolute atomic E-state index is 12.6. The molecule has 0 fully saturated rings. The van der Waals surface area contributed by atoms with Crippen LogP contribution in [0.2, 0.25) is 0 Å². The van der Waals surface area contributed by atoms with Crippen molar-refractivity contribution >= 4 is 11.7 Å². The van der Waals surface area contributed by atoms with Crippen molar-refractivity contribution in [3.05, 3.63) is 58.2 Å². The third-order valence-electron chi connectivity index (χ3n) is 6.68. The maximum atomic E-state index is 12.6. The second-order valence-corrected chi connectivity index (χ2v) is 10.8. The smallest absolute Gasteiger partial charge is 0.249 e. The molecule has 0 bridgehead atoms. The number of Topliss-reactive ketones (excluding diaryl/α,β-unsaturated/α-hetero) is 1. The molecule has 0 aliphatic heterocycles. The first-order valence-corrected chi connectivity index (χ1v) is 14.7. The molecule has 0 radical (unpaired) electrons. The summed E-state index contributed by atoms with van der Waals surface area (Å²) < 4.78 is 0. The summed E-state index contributed by atoms with van der Waals surface area (Å²) in [4.78, 5) is 25.6. The van der Waals surface area contributed by atoms with Gasteiger partial charge in [0.25, 0.3) is 0 Å². The second-order valence-electron chi connectivity index (χ2n) is 10.8. The molecule has 0 saturated carbocycles. The van der Waals surface area contributed by atoms with Crippen LogP contribution in [-0.4, -0.2) is 29.7 Å². The van der Waals surface area contributed by atoms with Crippen LogP contribution in [0.25, 0.3) is 0 Å². The van der Waals surface area contributed by atoms with Gasteiger partial charge < -0.3 is 9.69 Å². The highest BCUT2D eigenvalue weighted by molar-refractivity contribution is 5.92. The molecule has 0 aliphatic carbocycles. The van der Waals surface area contributed by atoms with E-state index in [1.54, 1.807) is 6.92 Å². The number of amides is 1. The number of carbonyl (C=O) groups excluding carboxylic acids is 2. The quantitative estimate of drug-likeness (QED) is 0.120. The summed E-state index contributed by atoms with van der Waals surface area (Å²) in [6.45, 7) is 18.4. The zero-order valence-electron chi connectivity index (χ0n) is 25.5. The Kier molecular flexibility index (Phi) is 20.6. The predicted octanol–water partition coefficient (Wildman–Crippen LogP) is 9.86. The Bertz CT molecular complexity index is 817. The molecule has 0 N–H and O–H groups in total. The summed E-state index contributed by atoms with van der Waals surface area (Å²) in [6.07, 6.45) is 23.5. The number of carbonyl (C=O) groups is 2. The Morgan fingerprint density at radius 2 is 0.838 bits per heavy atom. The van der Waals surface area contributed by atoms with E-state index in [9.17, 15) is 9.59 Å². The average molecular weight is 512 g/mol. The topological polar surface area (TPSA) is 37.4 Å². The zero-order chi connectivity index (χ0) is 28.1. The molecular formula is C34H57NO2. The van der Waals surface area contributed by atoms with Crippen molar-refractivity contribution in [2.75, 3.05) is 13.1 Å². The maximum Gasteiger partial charge on any atom is 0.249 e. The first kappa shape index (κ1) is 34.8. The molecule has 1 amide bonds. The van der Waals surface area contributed by atoms with E-state index >= 15 is 0 Å². The number of nitrogens with zero attached hydrogens (tertiary/aromatic N) is 1. The molecule has 0 atom stereocenters. The minimum atomic E-state index is 0.198. The van der Waals surface area contributed by atoms with Crippen molar-refractivity contribution < 1.29 is 9.59 Å². The molecule has 0 aromatic carbocycles. The van der Waals surface area contributed by atoms with Crippen molar-refractivity contribution in [1.82, 2.24) is 4.90 Å². The second kappa shape index (κ2) is 21.9. The lowest BCUT2D eigenvalue weighted by Crippen LogP contribution is -2.33. The summed E-state index contributed by atoms with van der Waals surface area (Å²) in [5, 5.41) is 0. The third-order valence-corrected chi connectivity index (χ3v) is 6.68. The Morgan fingerprint density at radius 1 is 0.514 bits per heavy atom. The number of rotatable bonds is 20. The van der Waals surface area contributed by atoms with Gasteiger partial charge in [-0.25, -0.2) is 0 Å². The number of ketones is 1. The standard InChI is InChI=1S/C34H57NO2/c1-9-26-35(27-10-2)34(37)32(7)24-14-22-30(5)20-12-18-28(3)16-11-17-29(4)19-13-21-31(6)23-15-25-33(8)36/h16,19-20,23-24H,9-15,17-18,21-22,25-27H2,1-8H3. The van der Waals surface area contributed by atoms with Crippen LogP contribution in [0.3, 0.4) is 0 Å². The van der Waals surface area contributed by atoms with Gasteiger partial charge in [-0.05, 0) is 112 Å². The van der Waals surface area contributed by atoms with Gasteiger partial charge in [0.05, 0.1) is 0 Å². The van der Waals surface area contributed by atoms with Gasteiger partial charge >= 0.3 is 0 Å². The van der Waals surface area contributed by atoms with Gasteiger partial charge in [0, 0.05) is 25.1 Å². The molecule has 0 rings (SSSR count). The highest BCUT2D eigenvalue weighted by atomic mass is 16.2. The molecule has 0 aliphatic rings. The number of hydrogen-bond acceptors (Lipinski definition) is 2. The van der Waals surface area contributed by atoms with E-state index in [1.165, 1.54) is 22.3 Å². The molecule has 0 spiro atoms. The van der Waals surface area contributed by atoms with Gasteiger partial charge in [-0.15, -0.1) is 0 Å². The average Bonchev–Trinajstić information content (AvgIpc) is 2.83.